The molecule has 3 rings (SSSR count). The first-order valence-electron chi connectivity index (χ1n) is 10.9. The van der Waals surface area contributed by atoms with Crippen LogP contribution in [0.25, 0.3) is 0 Å². The molecule has 1 unspecified atom stereocenters. The van der Waals surface area contributed by atoms with Crippen molar-refractivity contribution < 1.29 is 43.5 Å². The number of hydrogen-bond acceptors (Lipinski definition) is 10. The van der Waals surface area contributed by atoms with Gasteiger partial charge in [-0.25, -0.2) is 14.0 Å². The predicted octanol–water partition coefficient (Wildman–Crippen LogP) is 0.251. The molecule has 186 valence electrons. The van der Waals surface area contributed by atoms with E-state index in [4.69, 9.17) is 18.9 Å². The molecule has 2 saturated heterocycles. The van der Waals surface area contributed by atoms with Crippen molar-refractivity contribution in [3.8, 4) is 0 Å². The maximum Gasteiger partial charge on any atom is 0.412 e. The molecule has 1 aromatic rings. The standard InChI is InChI=1S/C20H30FN3O9/c1-4-5-6-7-30-20(29)23-16-11(21)8-24(19(28)22-16)17-14(27)15(10(3)31-17)33-18-13(26)12(25)9(2)32-18/h8-10,12-15,17-18,25-27H,4-7H2,1-3H3,(H,22,23,28,29)/t9-,10-,12-,13-,14-,15?,17-,18-/m1/s1. The minimum absolute atomic E-state index is 0.148. The first kappa shape index (κ1) is 25.5. The predicted molar refractivity (Wildman–Crippen MR) is 110 cm³/mol. The maximum absolute atomic E-state index is 14.5. The van der Waals surface area contributed by atoms with Gasteiger partial charge in [-0.15, -0.1) is 0 Å². The van der Waals surface area contributed by atoms with Crippen LogP contribution in [0.1, 0.15) is 46.3 Å². The van der Waals surface area contributed by atoms with Crippen LogP contribution in [0.3, 0.4) is 0 Å². The molecule has 8 atom stereocenters. The number of unbranched alkanes of at least 4 members (excludes halogenated alkanes) is 2. The lowest BCUT2D eigenvalue weighted by molar-refractivity contribution is -0.207. The zero-order valence-corrected chi connectivity index (χ0v) is 18.6. The lowest BCUT2D eigenvalue weighted by Gasteiger charge is -2.24. The quantitative estimate of drug-likeness (QED) is 0.384. The molecule has 33 heavy (non-hydrogen) atoms. The summed E-state index contributed by atoms with van der Waals surface area (Å²) in [6, 6.07) is 0. The summed E-state index contributed by atoms with van der Waals surface area (Å²) in [5.74, 6) is -1.66. The van der Waals surface area contributed by atoms with E-state index in [0.717, 1.165) is 23.6 Å². The Hall–Kier alpha value is -2.16. The number of ether oxygens (including phenoxy) is 4. The van der Waals surface area contributed by atoms with Crippen molar-refractivity contribution in [1.82, 2.24) is 9.55 Å². The Morgan fingerprint density at radius 1 is 1.18 bits per heavy atom. The summed E-state index contributed by atoms with van der Waals surface area (Å²) in [4.78, 5) is 27.8. The molecule has 2 fully saturated rings. The van der Waals surface area contributed by atoms with E-state index in [1.165, 1.54) is 0 Å². The van der Waals surface area contributed by atoms with Crippen molar-refractivity contribution in [2.45, 2.75) is 89.2 Å². The molecule has 1 aromatic heterocycles. The Bertz CT molecular complexity index is 885. The number of carbonyl (C=O) groups is 1. The second-order valence-electron chi connectivity index (χ2n) is 8.11. The van der Waals surface area contributed by atoms with E-state index < -0.39 is 72.6 Å². The fourth-order valence-corrected chi connectivity index (χ4v) is 3.68. The summed E-state index contributed by atoms with van der Waals surface area (Å²) in [5, 5.41) is 32.6. The topological polar surface area (TPSA) is 162 Å². The number of nitrogens with zero attached hydrogens (tertiary/aromatic N) is 2. The molecule has 0 radical (unpaired) electrons. The number of carbonyl (C=O) groups excluding carboxylic acids is 1. The van der Waals surface area contributed by atoms with Gasteiger partial charge in [0.05, 0.1) is 25.0 Å². The Balaban J connectivity index is 1.67. The van der Waals surface area contributed by atoms with Gasteiger partial charge in [0.2, 0.25) is 0 Å². The smallest absolute Gasteiger partial charge is 0.412 e. The largest absolute Gasteiger partial charge is 0.449 e. The third-order valence-electron chi connectivity index (χ3n) is 5.58. The number of aliphatic hydroxyl groups is 3. The molecule has 0 aromatic carbocycles. The van der Waals surface area contributed by atoms with Crippen LogP contribution in [-0.2, 0) is 18.9 Å². The molecule has 0 bridgehead atoms. The van der Waals surface area contributed by atoms with E-state index in [1.807, 2.05) is 6.92 Å². The van der Waals surface area contributed by atoms with E-state index in [9.17, 15) is 29.3 Å². The monoisotopic (exact) mass is 475 g/mol. The molecule has 4 N–H and O–H groups in total. The summed E-state index contributed by atoms with van der Waals surface area (Å²) in [5.41, 5.74) is -0.990. The molecular weight excluding hydrogens is 445 g/mol. The van der Waals surface area contributed by atoms with Crippen molar-refractivity contribution >= 4 is 11.9 Å². The van der Waals surface area contributed by atoms with Gasteiger partial charge in [-0.3, -0.25) is 9.88 Å². The second kappa shape index (κ2) is 10.8. The van der Waals surface area contributed by atoms with Crippen molar-refractivity contribution in [3.63, 3.8) is 0 Å². The maximum atomic E-state index is 14.5. The van der Waals surface area contributed by atoms with Gasteiger partial charge in [0.25, 0.3) is 0 Å². The highest BCUT2D eigenvalue weighted by molar-refractivity contribution is 5.83. The van der Waals surface area contributed by atoms with E-state index in [-0.39, 0.29) is 6.61 Å². The fraction of sp³-hybridized carbons (Fsp3) is 0.750. The fourth-order valence-electron chi connectivity index (χ4n) is 3.68. The zero-order valence-electron chi connectivity index (χ0n) is 18.6. The Labute approximate surface area is 189 Å². The number of anilines is 1. The molecule has 2 aliphatic heterocycles. The number of nitrogens with one attached hydrogen (secondary N) is 1. The Morgan fingerprint density at radius 3 is 2.55 bits per heavy atom. The highest BCUT2D eigenvalue weighted by Gasteiger charge is 2.49. The van der Waals surface area contributed by atoms with Crippen LogP contribution < -0.4 is 11.0 Å². The number of amides is 1. The average Bonchev–Trinajstić information content (AvgIpc) is 3.18. The summed E-state index contributed by atoms with van der Waals surface area (Å²) in [7, 11) is 0. The summed E-state index contributed by atoms with van der Waals surface area (Å²) < 4.78 is 36.7. The van der Waals surface area contributed by atoms with Crippen LogP contribution in [0.2, 0.25) is 0 Å². The van der Waals surface area contributed by atoms with Gasteiger partial charge in [-0.2, -0.15) is 4.98 Å². The van der Waals surface area contributed by atoms with Gasteiger partial charge in [-0.05, 0) is 20.3 Å². The van der Waals surface area contributed by atoms with E-state index in [2.05, 4.69) is 10.3 Å². The second-order valence-corrected chi connectivity index (χ2v) is 8.11. The molecule has 2 aliphatic rings. The number of rotatable bonds is 8. The van der Waals surface area contributed by atoms with Crippen LogP contribution in [0.5, 0.6) is 0 Å². The number of hydrogen-bond donors (Lipinski definition) is 4. The van der Waals surface area contributed by atoms with E-state index in [1.54, 1.807) is 13.8 Å². The molecular formula is C20H30FN3O9. The lowest BCUT2D eigenvalue weighted by Crippen LogP contribution is -2.42. The molecule has 0 spiro atoms. The SMILES string of the molecule is CCCCCOC(=O)Nc1nc(=O)n([C@@H]2O[C@H](C)C(O[C@H]3O[C@H](C)[C@@H](O)[C@H]3O)[C@H]2O)cc1F. The number of halogens is 1. The van der Waals surface area contributed by atoms with Gasteiger partial charge in [-0.1, -0.05) is 19.8 Å². The molecule has 12 nitrogen and oxygen atoms in total. The van der Waals surface area contributed by atoms with E-state index in [0.29, 0.717) is 6.42 Å². The Kier molecular flexibility index (Phi) is 8.37. The summed E-state index contributed by atoms with van der Waals surface area (Å²) in [6.07, 6.45) is -6.79. The number of aliphatic hydroxyl groups excluding tert-OH is 3. The summed E-state index contributed by atoms with van der Waals surface area (Å²) in [6.45, 7) is 5.24. The van der Waals surface area contributed by atoms with Crippen LogP contribution in [-0.4, -0.2) is 80.5 Å². The highest BCUT2D eigenvalue weighted by atomic mass is 19.1. The van der Waals surface area contributed by atoms with Gasteiger partial charge in [0, 0.05) is 0 Å². The first-order chi connectivity index (χ1) is 15.6. The van der Waals surface area contributed by atoms with Crippen LogP contribution in [0.15, 0.2) is 11.0 Å². The van der Waals surface area contributed by atoms with Crippen molar-refractivity contribution in [2.24, 2.45) is 0 Å². The molecule has 0 saturated carbocycles. The lowest BCUT2D eigenvalue weighted by atomic mass is 10.1. The van der Waals surface area contributed by atoms with Crippen molar-refractivity contribution in [1.29, 1.82) is 0 Å². The molecule has 13 heteroatoms. The minimum atomic E-state index is -1.45. The van der Waals surface area contributed by atoms with Gasteiger partial charge < -0.3 is 34.3 Å². The average molecular weight is 475 g/mol. The summed E-state index contributed by atoms with van der Waals surface area (Å²) >= 11 is 0. The third kappa shape index (κ3) is 5.67. The molecule has 3 heterocycles. The van der Waals surface area contributed by atoms with E-state index >= 15 is 0 Å². The number of aromatic nitrogens is 2. The van der Waals surface area contributed by atoms with Gasteiger partial charge in [0.1, 0.15) is 24.4 Å². The van der Waals surface area contributed by atoms with Crippen LogP contribution in [0, 0.1) is 5.82 Å². The zero-order chi connectivity index (χ0) is 24.3. The van der Waals surface area contributed by atoms with Crippen molar-refractivity contribution in [2.75, 3.05) is 11.9 Å². The third-order valence-corrected chi connectivity index (χ3v) is 5.58. The normalized spacial score (nSPS) is 33.9. The molecule has 1 amide bonds. The first-order valence-corrected chi connectivity index (χ1v) is 10.9. The van der Waals surface area contributed by atoms with Crippen LogP contribution >= 0.6 is 0 Å². The Morgan fingerprint density at radius 2 is 1.91 bits per heavy atom. The highest BCUT2D eigenvalue weighted by Crippen LogP contribution is 2.33. The van der Waals surface area contributed by atoms with Gasteiger partial charge >= 0.3 is 11.8 Å². The van der Waals surface area contributed by atoms with Gasteiger partial charge in [0.15, 0.2) is 24.2 Å². The van der Waals surface area contributed by atoms with Crippen LogP contribution in [0.4, 0.5) is 15.0 Å². The molecule has 0 aliphatic carbocycles. The minimum Gasteiger partial charge on any atom is -0.449 e. The van der Waals surface area contributed by atoms with Crippen molar-refractivity contribution in [3.05, 3.63) is 22.5 Å².